The van der Waals surface area contributed by atoms with Crippen LogP contribution in [0.15, 0.2) is 87.6 Å². The van der Waals surface area contributed by atoms with Crippen LogP contribution in [0.1, 0.15) is 11.1 Å². The average molecular weight is 576 g/mol. The first-order valence-electron chi connectivity index (χ1n) is 9.45. The molecule has 0 radical (unpaired) electrons. The third kappa shape index (κ3) is 5.59. The molecule has 0 aliphatic carbocycles. The second kappa shape index (κ2) is 9.47. The third-order valence-corrected chi connectivity index (χ3v) is 7.23. The fourth-order valence-corrected chi connectivity index (χ4v) is 5.09. The Bertz CT molecular complexity index is 1330. The maximum absolute atomic E-state index is 12.4. The van der Waals surface area contributed by atoms with Crippen molar-refractivity contribution in [3.63, 3.8) is 0 Å². The molecular formula is C23H17IN2O4S2. The van der Waals surface area contributed by atoms with E-state index in [-0.39, 0.29) is 16.6 Å². The maximum Gasteiger partial charge on any atom is 0.339 e. The number of hydrogen-bond acceptors (Lipinski definition) is 6. The smallest absolute Gasteiger partial charge is 0.339 e. The first-order valence-corrected chi connectivity index (χ1v) is 12.8. The molecule has 0 atom stereocenters. The van der Waals surface area contributed by atoms with Crippen molar-refractivity contribution in [2.45, 2.75) is 11.8 Å². The summed E-state index contributed by atoms with van der Waals surface area (Å²) in [5, 5.41) is 3.26. The highest BCUT2D eigenvalue weighted by Crippen LogP contribution is 2.29. The van der Waals surface area contributed by atoms with E-state index in [1.807, 2.05) is 31.2 Å². The number of nitrogens with zero attached hydrogens (tertiary/aromatic N) is 1. The van der Waals surface area contributed by atoms with Crippen LogP contribution in [0.4, 0.5) is 5.69 Å². The summed E-state index contributed by atoms with van der Waals surface area (Å²) >= 11 is 3.46. The van der Waals surface area contributed by atoms with Crippen molar-refractivity contribution >= 4 is 67.3 Å². The van der Waals surface area contributed by atoms with Crippen molar-refractivity contribution in [2.75, 3.05) is 0 Å². The molecule has 6 nitrogen and oxygen atoms in total. The average Bonchev–Trinajstić information content (AvgIpc) is 3.08. The molecule has 4 rings (SSSR count). The number of benzene rings is 3. The van der Waals surface area contributed by atoms with Crippen molar-refractivity contribution in [1.29, 1.82) is 0 Å². The zero-order valence-corrected chi connectivity index (χ0v) is 20.6. The number of carbonyl (C=O) groups excluding carboxylic acids is 1. The van der Waals surface area contributed by atoms with Gasteiger partial charge in [-0.2, -0.15) is 8.42 Å². The number of halogens is 1. The number of hydrogen-bond donors (Lipinski definition) is 1. The van der Waals surface area contributed by atoms with Crippen LogP contribution in [0.2, 0.25) is 0 Å². The summed E-state index contributed by atoms with van der Waals surface area (Å²) in [6, 6.07) is 20.6. The van der Waals surface area contributed by atoms with Gasteiger partial charge in [-0.05, 0) is 95.4 Å². The molecule has 0 saturated carbocycles. The van der Waals surface area contributed by atoms with Crippen molar-refractivity contribution in [1.82, 2.24) is 5.32 Å². The lowest BCUT2D eigenvalue weighted by atomic mass is 10.2. The van der Waals surface area contributed by atoms with Crippen LogP contribution in [0.25, 0.3) is 6.08 Å². The molecule has 1 saturated heterocycles. The number of amidine groups is 1. The Labute approximate surface area is 204 Å². The van der Waals surface area contributed by atoms with Crippen molar-refractivity contribution in [3.8, 4) is 5.75 Å². The van der Waals surface area contributed by atoms with Crippen LogP contribution in [-0.2, 0) is 14.9 Å². The van der Waals surface area contributed by atoms with Gasteiger partial charge in [0.15, 0.2) is 5.17 Å². The van der Waals surface area contributed by atoms with E-state index in [1.165, 1.54) is 23.9 Å². The zero-order chi connectivity index (χ0) is 22.7. The highest BCUT2D eigenvalue weighted by Gasteiger charge is 2.24. The molecule has 3 aromatic rings. The van der Waals surface area contributed by atoms with Gasteiger partial charge in [-0.3, -0.25) is 4.79 Å². The first kappa shape index (κ1) is 22.6. The molecule has 1 fully saturated rings. The van der Waals surface area contributed by atoms with Gasteiger partial charge in [0.1, 0.15) is 10.6 Å². The summed E-state index contributed by atoms with van der Waals surface area (Å²) in [4.78, 5) is 17.3. The van der Waals surface area contributed by atoms with Gasteiger partial charge in [-0.1, -0.05) is 35.9 Å². The van der Waals surface area contributed by atoms with Gasteiger partial charge in [-0.15, -0.1) is 0 Å². The predicted octanol–water partition coefficient (Wildman–Crippen LogP) is 5.26. The van der Waals surface area contributed by atoms with Crippen LogP contribution in [0.3, 0.4) is 0 Å². The zero-order valence-electron chi connectivity index (χ0n) is 16.8. The van der Waals surface area contributed by atoms with E-state index in [9.17, 15) is 13.2 Å². The summed E-state index contributed by atoms with van der Waals surface area (Å²) in [7, 11) is -3.91. The van der Waals surface area contributed by atoms with Gasteiger partial charge in [0, 0.05) is 3.57 Å². The molecule has 0 bridgehead atoms. The largest absolute Gasteiger partial charge is 0.379 e. The number of amides is 1. The summed E-state index contributed by atoms with van der Waals surface area (Å²) in [6.45, 7) is 1.88. The number of carbonyl (C=O) groups is 1. The van der Waals surface area contributed by atoms with E-state index in [1.54, 1.807) is 42.5 Å². The number of rotatable bonds is 5. The lowest BCUT2D eigenvalue weighted by Crippen LogP contribution is -2.19. The Kier molecular flexibility index (Phi) is 6.68. The highest BCUT2D eigenvalue weighted by molar-refractivity contribution is 14.1. The Morgan fingerprint density at radius 2 is 1.75 bits per heavy atom. The molecule has 162 valence electrons. The Morgan fingerprint density at radius 1 is 1.03 bits per heavy atom. The maximum atomic E-state index is 12.4. The molecule has 3 aromatic carbocycles. The standard InChI is InChI=1S/C23H17IN2O4S2/c1-15-5-11-20(12-6-15)32(28,29)30-19-9-7-16(8-10-19)13-21-22(27)26-23(31-21)25-18-4-2-3-17(24)14-18/h2-14H,1H3,(H,25,26,27)/b21-13+. The van der Waals surface area contributed by atoms with Gasteiger partial charge in [0.05, 0.1) is 10.6 Å². The van der Waals surface area contributed by atoms with Crippen LogP contribution < -0.4 is 9.50 Å². The molecule has 1 amide bonds. The predicted molar refractivity (Wildman–Crippen MR) is 135 cm³/mol. The molecule has 1 N–H and O–H groups in total. The van der Waals surface area contributed by atoms with Crippen molar-refractivity contribution in [3.05, 3.63) is 92.4 Å². The number of thioether (sulfide) groups is 1. The highest BCUT2D eigenvalue weighted by atomic mass is 127. The van der Waals surface area contributed by atoms with Gasteiger partial charge in [-0.25, -0.2) is 4.99 Å². The van der Waals surface area contributed by atoms with Crippen LogP contribution >= 0.6 is 34.4 Å². The van der Waals surface area contributed by atoms with E-state index >= 15 is 0 Å². The molecule has 9 heteroatoms. The van der Waals surface area contributed by atoms with Crippen LogP contribution in [-0.4, -0.2) is 19.5 Å². The number of nitrogens with one attached hydrogen (secondary N) is 1. The van der Waals surface area contributed by atoms with Gasteiger partial charge in [0.25, 0.3) is 5.91 Å². The molecule has 32 heavy (non-hydrogen) atoms. The second-order valence-corrected chi connectivity index (χ2v) is 10.7. The fourth-order valence-electron chi connectivity index (χ4n) is 2.79. The molecule has 1 heterocycles. The minimum absolute atomic E-state index is 0.0910. The van der Waals surface area contributed by atoms with Gasteiger partial charge < -0.3 is 9.50 Å². The molecule has 1 aliphatic heterocycles. The van der Waals surface area contributed by atoms with Crippen LogP contribution in [0.5, 0.6) is 5.75 Å². The molecule has 0 unspecified atom stereocenters. The molecule has 1 aliphatic rings. The minimum Gasteiger partial charge on any atom is -0.379 e. The van der Waals surface area contributed by atoms with E-state index in [4.69, 9.17) is 4.18 Å². The quantitative estimate of drug-likeness (QED) is 0.255. The summed E-state index contributed by atoms with van der Waals surface area (Å²) in [5.74, 6) is -0.0427. The minimum atomic E-state index is -3.91. The van der Waals surface area contributed by atoms with Crippen molar-refractivity contribution < 1.29 is 17.4 Å². The SMILES string of the molecule is Cc1ccc(S(=O)(=O)Oc2ccc(/C=C3/SC(=Nc4cccc(I)c4)NC3=O)cc2)cc1. The summed E-state index contributed by atoms with van der Waals surface area (Å²) in [5.41, 5.74) is 2.46. The lowest BCUT2D eigenvalue weighted by molar-refractivity contribution is -0.115. The molecular weight excluding hydrogens is 559 g/mol. The molecule has 0 aromatic heterocycles. The Balaban J connectivity index is 1.47. The van der Waals surface area contributed by atoms with E-state index in [0.717, 1.165) is 20.4 Å². The fraction of sp³-hybridized carbons (Fsp3) is 0.0435. The second-order valence-electron chi connectivity index (χ2n) is 6.88. The number of aryl methyl sites for hydroxylation is 1. The summed E-state index contributed by atoms with van der Waals surface area (Å²) < 4.78 is 31.1. The first-order chi connectivity index (χ1) is 15.3. The Morgan fingerprint density at radius 3 is 2.44 bits per heavy atom. The van der Waals surface area contributed by atoms with E-state index in [2.05, 4.69) is 32.9 Å². The third-order valence-electron chi connectivity index (χ3n) is 4.38. The van der Waals surface area contributed by atoms with E-state index < -0.39 is 10.1 Å². The summed E-state index contributed by atoms with van der Waals surface area (Å²) in [6.07, 6.45) is 1.72. The Hall–Kier alpha value is -2.63. The topological polar surface area (TPSA) is 84.8 Å². The van der Waals surface area contributed by atoms with Crippen molar-refractivity contribution in [2.24, 2.45) is 4.99 Å². The van der Waals surface area contributed by atoms with E-state index in [0.29, 0.717) is 10.1 Å². The van der Waals surface area contributed by atoms with Gasteiger partial charge in [0.2, 0.25) is 0 Å². The normalized spacial score (nSPS) is 16.4. The molecule has 0 spiro atoms. The number of aliphatic imine (C=N–C) groups is 1. The van der Waals surface area contributed by atoms with Crippen LogP contribution in [0, 0.1) is 10.5 Å². The van der Waals surface area contributed by atoms with Gasteiger partial charge >= 0.3 is 10.1 Å². The monoisotopic (exact) mass is 576 g/mol. The lowest BCUT2D eigenvalue weighted by Gasteiger charge is -2.07.